The molecule has 1 amide bonds. The highest BCUT2D eigenvalue weighted by molar-refractivity contribution is 5.93. The molecule has 1 saturated heterocycles. The number of anilines is 1. The van der Waals surface area contributed by atoms with Crippen molar-refractivity contribution in [2.24, 2.45) is 5.92 Å². The number of hydrogen-bond acceptors (Lipinski definition) is 2. The number of amides is 1. The number of likely N-dealkylation sites (tertiary alicyclic amines) is 1. The maximum atomic E-state index is 12.4. The molecule has 3 heteroatoms. The molecule has 0 spiro atoms. The van der Waals surface area contributed by atoms with Crippen molar-refractivity contribution in [1.29, 1.82) is 0 Å². The van der Waals surface area contributed by atoms with E-state index in [9.17, 15) is 4.79 Å². The van der Waals surface area contributed by atoms with E-state index >= 15 is 0 Å². The first-order valence-corrected chi connectivity index (χ1v) is 10.1. The second-order valence-corrected chi connectivity index (χ2v) is 7.25. The van der Waals surface area contributed by atoms with Crippen LogP contribution in [0.4, 0.5) is 5.69 Å². The Labute approximate surface area is 163 Å². The monoisotopic (exact) mass is 362 g/mol. The summed E-state index contributed by atoms with van der Waals surface area (Å²) in [5.41, 5.74) is 2.28. The molecule has 1 heterocycles. The Hall–Kier alpha value is -2.39. The third-order valence-corrected chi connectivity index (χ3v) is 5.29. The van der Waals surface area contributed by atoms with E-state index in [2.05, 4.69) is 41.3 Å². The largest absolute Gasteiger partial charge is 0.312 e. The lowest BCUT2D eigenvalue weighted by Gasteiger charge is -2.34. The van der Waals surface area contributed by atoms with E-state index in [-0.39, 0.29) is 5.91 Å². The van der Waals surface area contributed by atoms with E-state index in [0.29, 0.717) is 12.3 Å². The normalized spacial score (nSPS) is 15.9. The fourth-order valence-corrected chi connectivity index (χ4v) is 3.66. The van der Waals surface area contributed by atoms with Crippen molar-refractivity contribution in [2.75, 3.05) is 31.1 Å². The van der Waals surface area contributed by atoms with E-state index in [0.717, 1.165) is 44.7 Å². The summed E-state index contributed by atoms with van der Waals surface area (Å²) in [6.07, 6.45) is 7.31. The summed E-state index contributed by atoms with van der Waals surface area (Å²) in [6, 6.07) is 20.5. The molecular formula is C24H30N2O. The Morgan fingerprint density at radius 3 is 2.30 bits per heavy atom. The van der Waals surface area contributed by atoms with Gasteiger partial charge in [-0.1, -0.05) is 67.6 Å². The quantitative estimate of drug-likeness (QED) is 0.702. The van der Waals surface area contributed by atoms with Crippen molar-refractivity contribution in [1.82, 2.24) is 4.90 Å². The first-order valence-electron chi connectivity index (χ1n) is 10.1. The molecule has 0 aliphatic carbocycles. The lowest BCUT2D eigenvalue weighted by atomic mass is 9.95. The fraction of sp³-hybridized carbons (Fsp3) is 0.375. The Balaban J connectivity index is 1.49. The lowest BCUT2D eigenvalue weighted by Crippen LogP contribution is -2.41. The zero-order chi connectivity index (χ0) is 18.9. The Morgan fingerprint density at radius 1 is 1.04 bits per heavy atom. The van der Waals surface area contributed by atoms with Gasteiger partial charge in [-0.15, -0.1) is 0 Å². The van der Waals surface area contributed by atoms with Crippen LogP contribution in [0.5, 0.6) is 0 Å². The maximum absolute atomic E-state index is 12.4. The van der Waals surface area contributed by atoms with Crippen molar-refractivity contribution < 1.29 is 4.79 Å². The average molecular weight is 363 g/mol. The SMILES string of the molecule is CCC(=O)N(CC1CCN(CC=Cc2ccccc2)CC1)c1ccccc1. The highest BCUT2D eigenvalue weighted by atomic mass is 16.2. The Morgan fingerprint density at radius 2 is 1.67 bits per heavy atom. The first kappa shape index (κ1) is 19.4. The Bertz CT molecular complexity index is 719. The number of hydrogen-bond donors (Lipinski definition) is 0. The van der Waals surface area contributed by atoms with E-state index in [1.54, 1.807) is 0 Å². The maximum Gasteiger partial charge on any atom is 0.226 e. The van der Waals surface area contributed by atoms with Gasteiger partial charge in [-0.2, -0.15) is 0 Å². The molecule has 27 heavy (non-hydrogen) atoms. The van der Waals surface area contributed by atoms with Crippen LogP contribution >= 0.6 is 0 Å². The molecule has 3 nitrogen and oxygen atoms in total. The summed E-state index contributed by atoms with van der Waals surface area (Å²) in [5, 5.41) is 0. The number of carbonyl (C=O) groups excluding carboxylic acids is 1. The molecule has 0 N–H and O–H groups in total. The standard InChI is InChI=1S/C24H30N2O/c1-2-24(27)26(23-13-7-4-8-14-23)20-22-15-18-25(19-16-22)17-9-12-21-10-5-3-6-11-21/h3-14,22H,2,15-20H2,1H3. The number of para-hydroxylation sites is 1. The highest BCUT2D eigenvalue weighted by Crippen LogP contribution is 2.23. The number of nitrogens with zero attached hydrogens (tertiary/aromatic N) is 2. The van der Waals surface area contributed by atoms with Gasteiger partial charge in [0.05, 0.1) is 0 Å². The van der Waals surface area contributed by atoms with Crippen LogP contribution in [0.25, 0.3) is 6.08 Å². The molecule has 2 aromatic rings. The molecule has 3 rings (SSSR count). The smallest absolute Gasteiger partial charge is 0.226 e. The summed E-state index contributed by atoms with van der Waals surface area (Å²) in [6.45, 7) is 5.99. The summed E-state index contributed by atoms with van der Waals surface area (Å²) in [5.74, 6) is 0.796. The number of piperidine rings is 1. The van der Waals surface area contributed by atoms with Gasteiger partial charge < -0.3 is 4.90 Å². The molecule has 0 aromatic heterocycles. The number of carbonyl (C=O) groups is 1. The predicted octanol–water partition coefficient (Wildman–Crippen LogP) is 4.86. The van der Waals surface area contributed by atoms with Gasteiger partial charge in [0.1, 0.15) is 0 Å². The van der Waals surface area contributed by atoms with E-state index in [4.69, 9.17) is 0 Å². The van der Waals surface area contributed by atoms with Gasteiger partial charge in [0, 0.05) is 25.2 Å². The molecule has 142 valence electrons. The van der Waals surface area contributed by atoms with E-state index in [1.807, 2.05) is 48.2 Å². The van der Waals surface area contributed by atoms with Gasteiger partial charge in [-0.25, -0.2) is 0 Å². The van der Waals surface area contributed by atoms with Gasteiger partial charge >= 0.3 is 0 Å². The van der Waals surface area contributed by atoms with Crippen LogP contribution < -0.4 is 4.90 Å². The van der Waals surface area contributed by atoms with Gasteiger partial charge in [0.15, 0.2) is 0 Å². The summed E-state index contributed by atoms with van der Waals surface area (Å²) in [4.78, 5) is 16.9. The van der Waals surface area contributed by atoms with Gasteiger partial charge in [-0.05, 0) is 49.5 Å². The topological polar surface area (TPSA) is 23.6 Å². The van der Waals surface area contributed by atoms with Crippen molar-refractivity contribution >= 4 is 17.7 Å². The molecule has 0 unspecified atom stereocenters. The molecule has 0 atom stereocenters. The van der Waals surface area contributed by atoms with Crippen LogP contribution in [-0.4, -0.2) is 37.0 Å². The summed E-state index contributed by atoms with van der Waals surface area (Å²) >= 11 is 0. The van der Waals surface area contributed by atoms with Crippen LogP contribution in [0, 0.1) is 5.92 Å². The molecule has 1 aliphatic heterocycles. The molecule has 0 radical (unpaired) electrons. The van der Waals surface area contributed by atoms with E-state index in [1.165, 1.54) is 5.56 Å². The second-order valence-electron chi connectivity index (χ2n) is 7.25. The minimum absolute atomic E-state index is 0.217. The van der Waals surface area contributed by atoms with Crippen molar-refractivity contribution in [2.45, 2.75) is 26.2 Å². The molecular weight excluding hydrogens is 332 g/mol. The number of rotatable bonds is 7. The van der Waals surface area contributed by atoms with Gasteiger partial charge in [0.2, 0.25) is 5.91 Å². The zero-order valence-electron chi connectivity index (χ0n) is 16.3. The first-order chi connectivity index (χ1) is 13.3. The van der Waals surface area contributed by atoms with Crippen molar-refractivity contribution in [3.05, 3.63) is 72.3 Å². The lowest BCUT2D eigenvalue weighted by molar-refractivity contribution is -0.118. The van der Waals surface area contributed by atoms with Gasteiger partial charge in [-0.3, -0.25) is 9.69 Å². The summed E-state index contributed by atoms with van der Waals surface area (Å²) in [7, 11) is 0. The van der Waals surface area contributed by atoms with Crippen molar-refractivity contribution in [3.8, 4) is 0 Å². The molecule has 1 fully saturated rings. The minimum atomic E-state index is 0.217. The van der Waals surface area contributed by atoms with Gasteiger partial charge in [0.25, 0.3) is 0 Å². The average Bonchev–Trinajstić information content (AvgIpc) is 2.74. The van der Waals surface area contributed by atoms with Crippen LogP contribution in [0.3, 0.4) is 0 Å². The molecule has 2 aromatic carbocycles. The molecule has 1 aliphatic rings. The van der Waals surface area contributed by atoms with Crippen LogP contribution in [0.2, 0.25) is 0 Å². The zero-order valence-corrected chi connectivity index (χ0v) is 16.3. The molecule has 0 saturated carbocycles. The predicted molar refractivity (Wildman–Crippen MR) is 114 cm³/mol. The minimum Gasteiger partial charge on any atom is -0.312 e. The van der Waals surface area contributed by atoms with E-state index < -0.39 is 0 Å². The summed E-state index contributed by atoms with van der Waals surface area (Å²) < 4.78 is 0. The fourth-order valence-electron chi connectivity index (χ4n) is 3.66. The third-order valence-electron chi connectivity index (χ3n) is 5.29. The highest BCUT2D eigenvalue weighted by Gasteiger charge is 2.23. The van der Waals surface area contributed by atoms with Crippen molar-refractivity contribution in [3.63, 3.8) is 0 Å². The van der Waals surface area contributed by atoms with Crippen LogP contribution in [0.15, 0.2) is 66.7 Å². The third kappa shape index (κ3) is 5.80. The second kappa shape index (κ2) is 10.1. The molecule has 0 bridgehead atoms. The number of benzene rings is 2. The van der Waals surface area contributed by atoms with Crippen LogP contribution in [0.1, 0.15) is 31.7 Å². The van der Waals surface area contributed by atoms with Crippen LogP contribution in [-0.2, 0) is 4.79 Å². The Kier molecular flexibility index (Phi) is 7.23.